The molecule has 0 amide bonds. The number of hydrogen-bond acceptors (Lipinski definition) is 3. The van der Waals surface area contributed by atoms with Gasteiger partial charge in [0.15, 0.2) is 12.6 Å². The molecule has 0 fully saturated rings. The van der Waals surface area contributed by atoms with Crippen molar-refractivity contribution in [1.29, 1.82) is 0 Å². The van der Waals surface area contributed by atoms with Crippen LogP contribution < -0.4 is 15.4 Å². The third kappa shape index (κ3) is 12.7. The Balaban J connectivity index is 0.00000784. The molecule has 0 aliphatic heterocycles. The molecule has 0 saturated heterocycles. The van der Waals surface area contributed by atoms with Crippen LogP contribution in [0, 0.1) is 6.92 Å². The Kier molecular flexibility index (Phi) is 11.7. The van der Waals surface area contributed by atoms with Gasteiger partial charge in [-0.05, 0) is 25.6 Å². The Labute approximate surface area is 182 Å². The van der Waals surface area contributed by atoms with Crippen molar-refractivity contribution in [1.82, 2.24) is 15.5 Å². The second-order valence-electron chi connectivity index (χ2n) is 6.22. The first-order valence-corrected chi connectivity index (χ1v) is 8.38. The molecule has 1 aromatic rings. The van der Waals surface area contributed by atoms with E-state index < -0.39 is 25.5 Å². The van der Waals surface area contributed by atoms with Gasteiger partial charge in [0.25, 0.3) is 0 Å². The predicted molar refractivity (Wildman–Crippen MR) is 110 cm³/mol. The molecule has 0 aliphatic rings. The van der Waals surface area contributed by atoms with E-state index in [4.69, 9.17) is 4.74 Å². The van der Waals surface area contributed by atoms with Crippen LogP contribution in [0.25, 0.3) is 0 Å². The lowest BCUT2D eigenvalue weighted by molar-refractivity contribution is -0.153. The van der Waals surface area contributed by atoms with Gasteiger partial charge < -0.3 is 15.4 Å². The molecule has 5 nitrogen and oxygen atoms in total. The minimum absolute atomic E-state index is 0. The average Bonchev–Trinajstić information content (AvgIpc) is 2.54. The first-order chi connectivity index (χ1) is 12.9. The molecular weight excluding hydrogens is 517 g/mol. The average molecular weight is 542 g/mol. The van der Waals surface area contributed by atoms with Crippen molar-refractivity contribution in [2.24, 2.45) is 4.99 Å². The van der Waals surface area contributed by atoms with Gasteiger partial charge in [-0.1, -0.05) is 12.1 Å². The summed E-state index contributed by atoms with van der Waals surface area (Å²) in [7, 11) is 2.83. The molecule has 12 heteroatoms. The molecule has 0 spiro atoms. The minimum atomic E-state index is -4.45. The highest BCUT2D eigenvalue weighted by atomic mass is 127. The molecule has 0 saturated carbocycles. The van der Waals surface area contributed by atoms with Crippen molar-refractivity contribution in [2.45, 2.75) is 25.8 Å². The fraction of sp³-hybridized carbons (Fsp3) is 0.588. The lowest BCUT2D eigenvalue weighted by Crippen LogP contribution is -2.42. The summed E-state index contributed by atoms with van der Waals surface area (Å²) in [6.45, 7) is -0.227. The van der Waals surface area contributed by atoms with Crippen LogP contribution in [0.3, 0.4) is 0 Å². The zero-order valence-electron chi connectivity index (χ0n) is 16.2. The number of aliphatic imine (C=N–C) groups is 1. The quantitative estimate of drug-likeness (QED) is 0.228. The lowest BCUT2D eigenvalue weighted by atomic mass is 10.1. The first kappa shape index (κ1) is 27.6. The molecule has 0 aliphatic carbocycles. The SMILES string of the molecule is CN=C(NCCN(C)CC(F)(F)F)NCc1ccc(C)cc1OCC(F)(F)F.I. The number of nitrogens with zero attached hydrogens (tertiary/aromatic N) is 2. The van der Waals surface area contributed by atoms with Crippen molar-refractivity contribution < 1.29 is 31.1 Å². The number of hydrogen-bond donors (Lipinski definition) is 2. The largest absolute Gasteiger partial charge is 0.484 e. The Hall–Kier alpha value is -1.44. The zero-order chi connectivity index (χ0) is 21.4. The van der Waals surface area contributed by atoms with Gasteiger partial charge >= 0.3 is 12.4 Å². The summed E-state index contributed by atoms with van der Waals surface area (Å²) in [4.78, 5) is 5.05. The van der Waals surface area contributed by atoms with Crippen molar-refractivity contribution in [3.8, 4) is 5.75 Å². The summed E-state index contributed by atoms with van der Waals surface area (Å²) >= 11 is 0. The maximum atomic E-state index is 12.4. The second kappa shape index (κ2) is 12.3. The Bertz CT molecular complexity index is 652. The van der Waals surface area contributed by atoms with E-state index in [9.17, 15) is 26.3 Å². The molecule has 168 valence electrons. The zero-order valence-corrected chi connectivity index (χ0v) is 18.6. The minimum Gasteiger partial charge on any atom is -0.484 e. The van der Waals surface area contributed by atoms with Gasteiger partial charge in [0.2, 0.25) is 0 Å². The van der Waals surface area contributed by atoms with E-state index >= 15 is 0 Å². The Morgan fingerprint density at radius 2 is 1.76 bits per heavy atom. The molecule has 0 unspecified atom stereocenters. The van der Waals surface area contributed by atoms with Gasteiger partial charge in [-0.25, -0.2) is 0 Å². The normalized spacial score (nSPS) is 12.6. The number of nitrogens with one attached hydrogen (secondary N) is 2. The maximum absolute atomic E-state index is 12.4. The van der Waals surface area contributed by atoms with Crippen LogP contribution in [0.2, 0.25) is 0 Å². The van der Waals surface area contributed by atoms with E-state index in [2.05, 4.69) is 15.6 Å². The monoisotopic (exact) mass is 542 g/mol. The van der Waals surface area contributed by atoms with E-state index in [1.807, 2.05) is 0 Å². The summed E-state index contributed by atoms with van der Waals surface area (Å²) in [6, 6.07) is 4.88. The molecule has 0 radical (unpaired) electrons. The van der Waals surface area contributed by atoms with Crippen molar-refractivity contribution in [3.05, 3.63) is 29.3 Å². The van der Waals surface area contributed by atoms with Crippen molar-refractivity contribution in [2.75, 3.05) is 40.3 Å². The number of guanidine groups is 1. The van der Waals surface area contributed by atoms with Crippen molar-refractivity contribution >= 4 is 29.9 Å². The number of benzene rings is 1. The van der Waals surface area contributed by atoms with Crippen LogP contribution in [0.5, 0.6) is 5.75 Å². The predicted octanol–water partition coefficient (Wildman–Crippen LogP) is 3.71. The van der Waals surface area contributed by atoms with Crippen LogP contribution in [-0.4, -0.2) is 63.5 Å². The summed E-state index contributed by atoms with van der Waals surface area (Å²) in [5.41, 5.74) is 1.24. The highest BCUT2D eigenvalue weighted by Crippen LogP contribution is 2.23. The fourth-order valence-corrected chi connectivity index (χ4v) is 2.25. The van der Waals surface area contributed by atoms with Crippen LogP contribution >= 0.6 is 24.0 Å². The maximum Gasteiger partial charge on any atom is 0.422 e. The highest BCUT2D eigenvalue weighted by Gasteiger charge is 2.29. The summed E-state index contributed by atoms with van der Waals surface area (Å²) in [5, 5.41) is 5.75. The molecule has 0 atom stereocenters. The van der Waals surface area contributed by atoms with E-state index in [1.54, 1.807) is 19.1 Å². The third-order valence-corrected chi connectivity index (χ3v) is 3.52. The number of aryl methyl sites for hydroxylation is 1. The Morgan fingerprint density at radius 1 is 1.10 bits per heavy atom. The number of halogens is 7. The summed E-state index contributed by atoms with van der Waals surface area (Å²) in [5.74, 6) is 0.410. The Morgan fingerprint density at radius 3 is 2.31 bits per heavy atom. The summed E-state index contributed by atoms with van der Waals surface area (Å²) in [6.07, 6.45) is -8.72. The summed E-state index contributed by atoms with van der Waals surface area (Å²) < 4.78 is 79.0. The van der Waals surface area contributed by atoms with Gasteiger partial charge in [0, 0.05) is 32.2 Å². The van der Waals surface area contributed by atoms with Crippen LogP contribution in [0.15, 0.2) is 23.2 Å². The van der Waals surface area contributed by atoms with E-state index in [-0.39, 0.29) is 49.4 Å². The molecular formula is C17H25F6IN4O. The molecule has 29 heavy (non-hydrogen) atoms. The fourth-order valence-electron chi connectivity index (χ4n) is 2.25. The number of ether oxygens (including phenoxy) is 1. The molecule has 0 aromatic heterocycles. The third-order valence-electron chi connectivity index (χ3n) is 3.52. The van der Waals surface area contributed by atoms with Crippen LogP contribution in [-0.2, 0) is 6.54 Å². The number of rotatable bonds is 8. The van der Waals surface area contributed by atoms with Crippen LogP contribution in [0.1, 0.15) is 11.1 Å². The van der Waals surface area contributed by atoms with Gasteiger partial charge in [-0.15, -0.1) is 24.0 Å². The van der Waals surface area contributed by atoms with Gasteiger partial charge in [0.05, 0.1) is 6.54 Å². The molecule has 1 rings (SSSR count). The highest BCUT2D eigenvalue weighted by molar-refractivity contribution is 14.0. The lowest BCUT2D eigenvalue weighted by Gasteiger charge is -2.20. The molecule has 0 bridgehead atoms. The standard InChI is InChI=1S/C17H24F6N4O.HI/c1-12-4-5-13(14(8-12)28-11-17(21,22)23)9-26-15(24-2)25-6-7-27(3)10-16(18,19)20;/h4-5,8H,6-7,9-11H2,1-3H3,(H2,24,25,26);1H. The second-order valence-corrected chi connectivity index (χ2v) is 6.22. The van der Waals surface area contributed by atoms with E-state index in [0.717, 1.165) is 10.5 Å². The first-order valence-electron chi connectivity index (χ1n) is 8.38. The van der Waals surface area contributed by atoms with Gasteiger partial charge in [-0.3, -0.25) is 9.89 Å². The van der Waals surface area contributed by atoms with Gasteiger partial charge in [-0.2, -0.15) is 26.3 Å². The smallest absolute Gasteiger partial charge is 0.422 e. The molecule has 1 aromatic carbocycles. The van der Waals surface area contributed by atoms with E-state index in [0.29, 0.717) is 11.5 Å². The number of likely N-dealkylation sites (N-methyl/N-ethyl adjacent to an activating group) is 1. The number of alkyl halides is 6. The van der Waals surface area contributed by atoms with Gasteiger partial charge in [0.1, 0.15) is 5.75 Å². The van der Waals surface area contributed by atoms with E-state index in [1.165, 1.54) is 20.2 Å². The van der Waals surface area contributed by atoms with Crippen LogP contribution in [0.4, 0.5) is 26.3 Å². The topological polar surface area (TPSA) is 48.9 Å². The molecule has 0 heterocycles. The molecule has 2 N–H and O–H groups in total. The van der Waals surface area contributed by atoms with Crippen molar-refractivity contribution in [3.63, 3.8) is 0 Å².